The molecule has 2 atom stereocenters. The van der Waals surface area contributed by atoms with Gasteiger partial charge in [0, 0.05) is 24.3 Å². The quantitative estimate of drug-likeness (QED) is 0.469. The van der Waals surface area contributed by atoms with E-state index in [-0.39, 0.29) is 35.6 Å². The van der Waals surface area contributed by atoms with Gasteiger partial charge in [-0.3, -0.25) is 4.90 Å². The van der Waals surface area contributed by atoms with Crippen LogP contribution in [-0.4, -0.2) is 47.4 Å². The topological polar surface area (TPSA) is 47.5 Å². The van der Waals surface area contributed by atoms with Crippen molar-refractivity contribution in [2.75, 3.05) is 25.5 Å². The lowest BCUT2D eigenvalue weighted by atomic mass is 9.89. The zero-order chi connectivity index (χ0) is 21.8. The van der Waals surface area contributed by atoms with Crippen LogP contribution in [-0.2, 0) is 12.4 Å². The lowest BCUT2D eigenvalue weighted by Gasteiger charge is -2.38. The molecule has 1 aliphatic carbocycles. The number of nitrogens with zero attached hydrogens (tertiary/aromatic N) is 1. The van der Waals surface area contributed by atoms with E-state index in [1.54, 1.807) is 0 Å². The Labute approximate surface area is 170 Å². The van der Waals surface area contributed by atoms with Crippen molar-refractivity contribution in [2.24, 2.45) is 0 Å². The number of aliphatic hydroxyl groups is 1. The Morgan fingerprint density at radius 2 is 1.62 bits per heavy atom. The van der Waals surface area contributed by atoms with Crippen molar-refractivity contribution in [1.82, 2.24) is 10.2 Å². The molecule has 0 unspecified atom stereocenters. The standard InChI is InChI=1S/C18H23F6N3OS/c1-27(6-7-28)15-5-3-2-4-14(15)26-16(29)25-13-9-11(17(19,20)21)8-12(10-13)18(22,23)24/h8-10,14-15,28H,2-7H2,1H3,(H2,25,26,29)/t14-,15-/m1/s1. The molecule has 0 aromatic heterocycles. The highest BCUT2D eigenvalue weighted by molar-refractivity contribution is 7.80. The lowest BCUT2D eigenvalue weighted by Crippen LogP contribution is -2.53. The number of likely N-dealkylation sites (N-methyl/N-ethyl adjacent to an activating group) is 1. The molecular formula is C18H23F6N3OS. The van der Waals surface area contributed by atoms with Crippen LogP contribution in [0.2, 0.25) is 0 Å². The molecule has 1 aromatic rings. The number of thiocarbonyl (C=S) groups is 1. The Hall–Kier alpha value is -1.59. The van der Waals surface area contributed by atoms with Gasteiger partial charge in [-0.1, -0.05) is 12.8 Å². The van der Waals surface area contributed by atoms with Gasteiger partial charge in [-0.25, -0.2) is 0 Å². The number of nitrogens with one attached hydrogen (secondary N) is 2. The van der Waals surface area contributed by atoms with Crippen molar-refractivity contribution in [1.29, 1.82) is 0 Å². The van der Waals surface area contributed by atoms with Gasteiger partial charge in [0.1, 0.15) is 0 Å². The molecule has 11 heteroatoms. The fourth-order valence-electron chi connectivity index (χ4n) is 3.49. The molecule has 1 aliphatic rings. The smallest absolute Gasteiger partial charge is 0.395 e. The Morgan fingerprint density at radius 3 is 2.14 bits per heavy atom. The molecule has 0 heterocycles. The van der Waals surface area contributed by atoms with Crippen LogP contribution in [0.15, 0.2) is 18.2 Å². The number of hydrogen-bond donors (Lipinski definition) is 3. The Bertz CT molecular complexity index is 678. The summed E-state index contributed by atoms with van der Waals surface area (Å²) in [5, 5.41) is 14.5. The second kappa shape index (κ2) is 9.48. The summed E-state index contributed by atoms with van der Waals surface area (Å²) in [6.45, 7) is 0.429. The second-order valence-electron chi connectivity index (χ2n) is 7.06. The van der Waals surface area contributed by atoms with Gasteiger partial charge in [0.25, 0.3) is 0 Å². The Morgan fingerprint density at radius 1 is 1.07 bits per heavy atom. The molecule has 0 radical (unpaired) electrons. The number of benzene rings is 1. The van der Waals surface area contributed by atoms with Gasteiger partial charge in [-0.2, -0.15) is 26.3 Å². The lowest BCUT2D eigenvalue weighted by molar-refractivity contribution is -0.143. The van der Waals surface area contributed by atoms with Crippen LogP contribution in [0.1, 0.15) is 36.8 Å². The molecular weight excluding hydrogens is 420 g/mol. The molecule has 0 aliphatic heterocycles. The monoisotopic (exact) mass is 443 g/mol. The highest BCUT2D eigenvalue weighted by Crippen LogP contribution is 2.37. The zero-order valence-corrected chi connectivity index (χ0v) is 16.5. The number of rotatable bonds is 5. The van der Waals surface area contributed by atoms with Crippen molar-refractivity contribution in [2.45, 2.75) is 50.1 Å². The van der Waals surface area contributed by atoms with Crippen molar-refractivity contribution >= 4 is 23.0 Å². The highest BCUT2D eigenvalue weighted by Gasteiger charge is 2.37. The number of anilines is 1. The maximum atomic E-state index is 13.0. The minimum absolute atomic E-state index is 0.0210. The van der Waals surface area contributed by atoms with E-state index in [4.69, 9.17) is 17.3 Å². The Balaban J connectivity index is 2.17. The van der Waals surface area contributed by atoms with E-state index in [2.05, 4.69) is 10.6 Å². The summed E-state index contributed by atoms with van der Waals surface area (Å²) in [6.07, 6.45) is -6.34. The first-order valence-corrected chi connectivity index (χ1v) is 9.50. The normalized spacial score (nSPS) is 20.6. The third-order valence-corrected chi connectivity index (χ3v) is 5.13. The predicted molar refractivity (Wildman–Crippen MR) is 102 cm³/mol. The van der Waals surface area contributed by atoms with Crippen LogP contribution in [0, 0.1) is 0 Å². The number of halogens is 6. The van der Waals surface area contributed by atoms with Crippen LogP contribution >= 0.6 is 12.2 Å². The minimum atomic E-state index is -4.92. The summed E-state index contributed by atoms with van der Waals surface area (Å²) in [6, 6.07) is 1.18. The molecule has 0 saturated heterocycles. The van der Waals surface area contributed by atoms with Gasteiger partial charge < -0.3 is 15.7 Å². The van der Waals surface area contributed by atoms with E-state index < -0.39 is 23.5 Å². The molecule has 0 amide bonds. The second-order valence-corrected chi connectivity index (χ2v) is 7.46. The summed E-state index contributed by atoms with van der Waals surface area (Å²) >= 11 is 5.14. The predicted octanol–water partition coefficient (Wildman–Crippen LogP) is 4.25. The van der Waals surface area contributed by atoms with Gasteiger partial charge in [0.05, 0.1) is 17.7 Å². The van der Waals surface area contributed by atoms with E-state index in [1.165, 1.54) is 0 Å². The van der Waals surface area contributed by atoms with Crippen LogP contribution < -0.4 is 10.6 Å². The minimum Gasteiger partial charge on any atom is -0.395 e. The first-order chi connectivity index (χ1) is 13.4. The van der Waals surface area contributed by atoms with E-state index in [0.29, 0.717) is 18.7 Å². The van der Waals surface area contributed by atoms with Gasteiger partial charge >= 0.3 is 12.4 Å². The van der Waals surface area contributed by atoms with Crippen LogP contribution in [0.3, 0.4) is 0 Å². The van der Waals surface area contributed by atoms with Gasteiger partial charge in [0.15, 0.2) is 5.11 Å². The highest BCUT2D eigenvalue weighted by atomic mass is 32.1. The summed E-state index contributed by atoms with van der Waals surface area (Å²) < 4.78 is 77.9. The molecule has 0 bridgehead atoms. The number of hydrogen-bond acceptors (Lipinski definition) is 3. The first-order valence-electron chi connectivity index (χ1n) is 9.10. The average Bonchev–Trinajstić information content (AvgIpc) is 2.60. The third-order valence-electron chi connectivity index (χ3n) is 4.91. The molecule has 1 aromatic carbocycles. The molecule has 0 spiro atoms. The van der Waals surface area contributed by atoms with Gasteiger partial charge in [0.2, 0.25) is 0 Å². The van der Waals surface area contributed by atoms with E-state index in [1.807, 2.05) is 11.9 Å². The van der Waals surface area contributed by atoms with Crippen molar-refractivity contribution in [3.05, 3.63) is 29.3 Å². The molecule has 1 fully saturated rings. The molecule has 1 saturated carbocycles. The van der Waals surface area contributed by atoms with Crippen LogP contribution in [0.5, 0.6) is 0 Å². The summed E-state index contributed by atoms with van der Waals surface area (Å²) in [5.74, 6) is 0. The number of alkyl halides is 6. The van der Waals surface area contributed by atoms with Crippen LogP contribution in [0.25, 0.3) is 0 Å². The van der Waals surface area contributed by atoms with Gasteiger partial charge in [-0.15, -0.1) is 0 Å². The van der Waals surface area contributed by atoms with E-state index in [9.17, 15) is 26.3 Å². The summed E-state index contributed by atoms with van der Waals surface area (Å²) in [7, 11) is 1.85. The fraction of sp³-hybridized carbons (Fsp3) is 0.611. The maximum absolute atomic E-state index is 13.0. The molecule has 164 valence electrons. The average molecular weight is 443 g/mol. The molecule has 3 N–H and O–H groups in total. The van der Waals surface area contributed by atoms with E-state index in [0.717, 1.165) is 25.7 Å². The van der Waals surface area contributed by atoms with Crippen molar-refractivity contribution < 1.29 is 31.4 Å². The summed E-state index contributed by atoms with van der Waals surface area (Å²) in [4.78, 5) is 1.96. The largest absolute Gasteiger partial charge is 0.416 e. The fourth-order valence-corrected chi connectivity index (χ4v) is 3.76. The third kappa shape index (κ3) is 6.71. The zero-order valence-electron chi connectivity index (χ0n) is 15.7. The van der Waals surface area contributed by atoms with Crippen molar-refractivity contribution in [3.8, 4) is 0 Å². The Kier molecular flexibility index (Phi) is 7.74. The van der Waals surface area contributed by atoms with E-state index >= 15 is 0 Å². The van der Waals surface area contributed by atoms with Gasteiger partial charge in [-0.05, 0) is 50.3 Å². The maximum Gasteiger partial charge on any atom is 0.416 e. The summed E-state index contributed by atoms with van der Waals surface area (Å²) in [5.41, 5.74) is -3.20. The number of aliphatic hydroxyl groups excluding tert-OH is 1. The van der Waals surface area contributed by atoms with Crippen LogP contribution in [0.4, 0.5) is 32.0 Å². The SMILES string of the molecule is CN(CCO)[C@@H]1CCCC[C@H]1NC(=S)Nc1cc(C(F)(F)F)cc(C(F)(F)F)c1. The molecule has 2 rings (SSSR count). The molecule has 4 nitrogen and oxygen atoms in total. The molecule has 29 heavy (non-hydrogen) atoms. The first kappa shape index (κ1) is 23.7. The van der Waals surface area contributed by atoms with Crippen molar-refractivity contribution in [3.63, 3.8) is 0 Å².